The Morgan fingerprint density at radius 3 is 2.46 bits per heavy atom. The predicted molar refractivity (Wildman–Crippen MR) is 110 cm³/mol. The highest BCUT2D eigenvalue weighted by molar-refractivity contribution is 14.0. The Morgan fingerprint density at radius 1 is 1.04 bits per heavy atom. The SMILES string of the molecule is CN=C(NCc1ccccc1F)NCc1nncn1-c1ccccc1.I. The number of para-hydroxylation sites is 1. The van der Waals surface area contributed by atoms with E-state index in [2.05, 4.69) is 25.8 Å². The first-order chi connectivity index (χ1) is 12.3. The van der Waals surface area contributed by atoms with Crippen LogP contribution in [0.1, 0.15) is 11.4 Å². The number of benzene rings is 2. The summed E-state index contributed by atoms with van der Waals surface area (Å²) < 4.78 is 15.6. The average Bonchev–Trinajstić information content (AvgIpc) is 3.12. The number of rotatable bonds is 5. The summed E-state index contributed by atoms with van der Waals surface area (Å²) >= 11 is 0. The lowest BCUT2D eigenvalue weighted by atomic mass is 10.2. The lowest BCUT2D eigenvalue weighted by Gasteiger charge is -2.12. The smallest absolute Gasteiger partial charge is 0.191 e. The lowest BCUT2D eigenvalue weighted by molar-refractivity contribution is 0.604. The topological polar surface area (TPSA) is 67.1 Å². The fourth-order valence-electron chi connectivity index (χ4n) is 2.39. The van der Waals surface area contributed by atoms with Gasteiger partial charge >= 0.3 is 0 Å². The minimum absolute atomic E-state index is 0. The van der Waals surface area contributed by atoms with Crippen LogP contribution in [-0.2, 0) is 13.1 Å². The van der Waals surface area contributed by atoms with Crippen molar-refractivity contribution in [2.24, 2.45) is 4.99 Å². The van der Waals surface area contributed by atoms with Crippen molar-refractivity contribution in [1.29, 1.82) is 0 Å². The highest BCUT2D eigenvalue weighted by Crippen LogP contribution is 2.08. The molecule has 0 saturated heterocycles. The number of nitrogens with one attached hydrogen (secondary N) is 2. The highest BCUT2D eigenvalue weighted by Gasteiger charge is 2.08. The van der Waals surface area contributed by atoms with E-state index < -0.39 is 0 Å². The van der Waals surface area contributed by atoms with Gasteiger partial charge in [-0.3, -0.25) is 9.56 Å². The molecule has 0 aliphatic heterocycles. The molecule has 1 heterocycles. The highest BCUT2D eigenvalue weighted by atomic mass is 127. The molecular formula is C18H20FIN6. The molecule has 0 radical (unpaired) electrons. The molecule has 0 spiro atoms. The number of halogens is 2. The molecule has 2 aromatic carbocycles. The fourth-order valence-corrected chi connectivity index (χ4v) is 2.39. The van der Waals surface area contributed by atoms with Gasteiger partial charge in [-0.1, -0.05) is 36.4 Å². The Bertz CT molecular complexity index is 850. The number of hydrogen-bond acceptors (Lipinski definition) is 3. The molecule has 0 saturated carbocycles. The Hall–Kier alpha value is -2.49. The molecule has 0 aliphatic rings. The van der Waals surface area contributed by atoms with Crippen molar-refractivity contribution in [2.45, 2.75) is 13.1 Å². The second-order valence-corrected chi connectivity index (χ2v) is 5.32. The lowest BCUT2D eigenvalue weighted by Crippen LogP contribution is -2.37. The van der Waals surface area contributed by atoms with Gasteiger partial charge in [0.2, 0.25) is 0 Å². The molecule has 3 aromatic rings. The molecule has 2 N–H and O–H groups in total. The van der Waals surface area contributed by atoms with Crippen LogP contribution in [0.15, 0.2) is 65.9 Å². The number of aromatic nitrogens is 3. The van der Waals surface area contributed by atoms with Crippen molar-refractivity contribution in [2.75, 3.05) is 7.05 Å². The zero-order chi connectivity index (χ0) is 17.5. The first-order valence-corrected chi connectivity index (χ1v) is 7.90. The molecule has 0 unspecified atom stereocenters. The van der Waals surface area contributed by atoms with E-state index in [1.807, 2.05) is 34.9 Å². The monoisotopic (exact) mass is 466 g/mol. The maximum atomic E-state index is 13.7. The molecule has 0 atom stereocenters. The molecular weight excluding hydrogens is 446 g/mol. The van der Waals surface area contributed by atoms with Crippen LogP contribution in [0.5, 0.6) is 0 Å². The normalized spacial score (nSPS) is 10.9. The first kappa shape index (κ1) is 19.8. The van der Waals surface area contributed by atoms with Crippen LogP contribution < -0.4 is 10.6 Å². The predicted octanol–water partition coefficient (Wildman–Crippen LogP) is 2.89. The van der Waals surface area contributed by atoms with Crippen molar-refractivity contribution in [1.82, 2.24) is 25.4 Å². The Morgan fingerprint density at radius 2 is 1.73 bits per heavy atom. The summed E-state index contributed by atoms with van der Waals surface area (Å²) in [5, 5.41) is 14.4. The third-order valence-electron chi connectivity index (χ3n) is 3.69. The molecule has 0 amide bonds. The van der Waals surface area contributed by atoms with Crippen LogP contribution in [-0.4, -0.2) is 27.8 Å². The number of hydrogen-bond donors (Lipinski definition) is 2. The first-order valence-electron chi connectivity index (χ1n) is 7.90. The van der Waals surface area contributed by atoms with Crippen molar-refractivity contribution >= 4 is 29.9 Å². The van der Waals surface area contributed by atoms with Crippen LogP contribution in [0, 0.1) is 5.82 Å². The second kappa shape index (κ2) is 9.85. The van der Waals surface area contributed by atoms with Gasteiger partial charge in [0.1, 0.15) is 12.1 Å². The number of guanidine groups is 1. The minimum Gasteiger partial charge on any atom is -0.352 e. The van der Waals surface area contributed by atoms with Crippen LogP contribution in [0.25, 0.3) is 5.69 Å². The van der Waals surface area contributed by atoms with Crippen molar-refractivity contribution < 1.29 is 4.39 Å². The van der Waals surface area contributed by atoms with Crippen LogP contribution >= 0.6 is 24.0 Å². The van der Waals surface area contributed by atoms with E-state index in [0.717, 1.165) is 11.5 Å². The van der Waals surface area contributed by atoms with Gasteiger partial charge in [0.25, 0.3) is 0 Å². The molecule has 0 aliphatic carbocycles. The molecule has 8 heteroatoms. The second-order valence-electron chi connectivity index (χ2n) is 5.32. The zero-order valence-electron chi connectivity index (χ0n) is 14.3. The van der Waals surface area contributed by atoms with Gasteiger partial charge in [0, 0.05) is 24.8 Å². The van der Waals surface area contributed by atoms with Gasteiger partial charge in [-0.25, -0.2) is 4.39 Å². The third-order valence-corrected chi connectivity index (χ3v) is 3.69. The van der Waals surface area contributed by atoms with Crippen molar-refractivity contribution in [3.05, 3.63) is 78.1 Å². The van der Waals surface area contributed by atoms with E-state index in [9.17, 15) is 4.39 Å². The van der Waals surface area contributed by atoms with Crippen molar-refractivity contribution in [3.8, 4) is 5.69 Å². The van der Waals surface area contributed by atoms with Crippen molar-refractivity contribution in [3.63, 3.8) is 0 Å². The van der Waals surface area contributed by atoms with Gasteiger partial charge in [-0.05, 0) is 18.2 Å². The van der Waals surface area contributed by atoms with E-state index in [4.69, 9.17) is 0 Å². The van der Waals surface area contributed by atoms with E-state index in [1.165, 1.54) is 6.07 Å². The quantitative estimate of drug-likeness (QED) is 0.345. The van der Waals surface area contributed by atoms with Gasteiger partial charge in [-0.15, -0.1) is 34.2 Å². The van der Waals surface area contributed by atoms with E-state index in [1.54, 1.807) is 31.6 Å². The van der Waals surface area contributed by atoms with Gasteiger partial charge < -0.3 is 10.6 Å². The summed E-state index contributed by atoms with van der Waals surface area (Å²) in [5.74, 6) is 1.07. The molecule has 1 aromatic heterocycles. The summed E-state index contributed by atoms with van der Waals surface area (Å²) in [7, 11) is 1.67. The largest absolute Gasteiger partial charge is 0.352 e. The van der Waals surface area contributed by atoms with E-state index in [-0.39, 0.29) is 29.8 Å². The Kier molecular flexibility index (Phi) is 7.52. The molecule has 3 rings (SSSR count). The van der Waals surface area contributed by atoms with E-state index in [0.29, 0.717) is 24.6 Å². The summed E-state index contributed by atoms with van der Waals surface area (Å²) in [6.45, 7) is 0.781. The zero-order valence-corrected chi connectivity index (χ0v) is 16.6. The molecule has 136 valence electrons. The summed E-state index contributed by atoms with van der Waals surface area (Å²) in [6, 6.07) is 16.5. The summed E-state index contributed by atoms with van der Waals surface area (Å²) in [4.78, 5) is 4.15. The molecule has 0 fully saturated rings. The third kappa shape index (κ3) is 5.01. The summed E-state index contributed by atoms with van der Waals surface area (Å²) in [5.41, 5.74) is 1.57. The summed E-state index contributed by atoms with van der Waals surface area (Å²) in [6.07, 6.45) is 1.67. The standard InChI is InChI=1S/C18H19FN6.HI/c1-20-18(21-11-14-7-5-6-10-16(14)19)22-12-17-24-23-13-25(17)15-8-3-2-4-9-15;/h2-10,13H,11-12H2,1H3,(H2,20,21,22);1H. The maximum Gasteiger partial charge on any atom is 0.191 e. The fraction of sp³-hybridized carbons (Fsp3) is 0.167. The van der Waals surface area contributed by atoms with Gasteiger partial charge in [-0.2, -0.15) is 0 Å². The van der Waals surface area contributed by atoms with Crippen LogP contribution in [0.4, 0.5) is 4.39 Å². The van der Waals surface area contributed by atoms with Gasteiger partial charge in [0.15, 0.2) is 11.8 Å². The number of nitrogens with zero attached hydrogens (tertiary/aromatic N) is 4. The van der Waals surface area contributed by atoms with Gasteiger partial charge in [0.05, 0.1) is 6.54 Å². The average molecular weight is 466 g/mol. The molecule has 26 heavy (non-hydrogen) atoms. The Labute approximate surface area is 168 Å². The molecule has 6 nitrogen and oxygen atoms in total. The Balaban J connectivity index is 0.00000243. The molecule has 0 bridgehead atoms. The van der Waals surface area contributed by atoms with Crippen LogP contribution in [0.3, 0.4) is 0 Å². The van der Waals surface area contributed by atoms with Crippen LogP contribution in [0.2, 0.25) is 0 Å². The minimum atomic E-state index is -0.241. The van der Waals surface area contributed by atoms with E-state index >= 15 is 0 Å². The maximum absolute atomic E-state index is 13.7. The number of aliphatic imine (C=N–C) groups is 1.